The first-order valence-corrected chi connectivity index (χ1v) is 16.2. The fraction of sp³-hybridized carbons (Fsp3) is 0.182. The van der Waals surface area contributed by atoms with Gasteiger partial charge >= 0.3 is 11.9 Å². The minimum atomic E-state index is -0.263. The maximum atomic E-state index is 10.9. The number of rotatable bonds is 10. The molecule has 5 rings (SSSR count). The molecule has 0 aliphatic rings. The van der Waals surface area contributed by atoms with E-state index >= 15 is 0 Å². The van der Waals surface area contributed by atoms with E-state index in [4.69, 9.17) is 14.2 Å². The minimum Gasteiger partial charge on any atom is -0.489 e. The van der Waals surface area contributed by atoms with Gasteiger partial charge in [-0.25, -0.2) is 0 Å². The van der Waals surface area contributed by atoms with Crippen molar-refractivity contribution in [1.82, 2.24) is 0 Å². The minimum absolute atomic E-state index is 0.261. The zero-order valence-electron chi connectivity index (χ0n) is 28.0. The van der Waals surface area contributed by atoms with Gasteiger partial charge in [0.2, 0.25) is 0 Å². The Bertz CT molecular complexity index is 2000. The van der Waals surface area contributed by atoms with Crippen molar-refractivity contribution in [3.05, 3.63) is 160 Å². The Labute approximate surface area is 288 Å². The first-order chi connectivity index (χ1) is 23.8. The second-order valence-corrected chi connectivity index (χ2v) is 11.6. The molecule has 0 bridgehead atoms. The van der Waals surface area contributed by atoms with E-state index < -0.39 is 0 Å². The fourth-order valence-electron chi connectivity index (χ4n) is 5.01. The predicted molar refractivity (Wildman–Crippen MR) is 193 cm³/mol. The molecule has 5 nitrogen and oxygen atoms in total. The van der Waals surface area contributed by atoms with Gasteiger partial charge in [-0.1, -0.05) is 84.3 Å². The van der Waals surface area contributed by atoms with Crippen LogP contribution >= 0.6 is 0 Å². The molecule has 0 aliphatic carbocycles. The quantitative estimate of drug-likeness (QED) is 0.113. The molecule has 5 aromatic rings. The summed E-state index contributed by atoms with van der Waals surface area (Å²) in [6.07, 6.45) is 1.37. The monoisotopic (exact) mass is 646 g/mol. The number of carbonyl (C=O) groups is 2. The Morgan fingerprint density at radius 2 is 0.898 bits per heavy atom. The van der Waals surface area contributed by atoms with Crippen molar-refractivity contribution in [2.24, 2.45) is 0 Å². The zero-order chi connectivity index (χ0) is 34.4. The summed E-state index contributed by atoms with van der Waals surface area (Å²) < 4.78 is 16.2. The lowest BCUT2D eigenvalue weighted by molar-refractivity contribution is -0.141. The number of esters is 2. The molecular weight excluding hydrogens is 608 g/mol. The molecule has 0 aliphatic heterocycles. The largest absolute Gasteiger partial charge is 0.489 e. The summed E-state index contributed by atoms with van der Waals surface area (Å²) in [5.41, 5.74) is 10.3. The molecule has 0 N–H and O–H groups in total. The lowest BCUT2D eigenvalue weighted by Gasteiger charge is -2.10. The van der Waals surface area contributed by atoms with Crippen LogP contribution in [0.4, 0.5) is 0 Å². The molecule has 0 amide bonds. The van der Waals surface area contributed by atoms with Crippen LogP contribution < -0.4 is 4.74 Å². The first-order valence-electron chi connectivity index (χ1n) is 16.2. The Balaban J connectivity index is 1.10. The molecule has 0 saturated carbocycles. The van der Waals surface area contributed by atoms with Crippen LogP contribution in [0.2, 0.25) is 0 Å². The lowest BCUT2D eigenvalue weighted by Crippen LogP contribution is -2.03. The molecule has 0 radical (unpaired) electrons. The summed E-state index contributed by atoms with van der Waals surface area (Å²) in [5, 5.41) is 0. The molecule has 0 aromatic heterocycles. The number of aryl methyl sites for hydroxylation is 1. The highest BCUT2D eigenvalue weighted by molar-refractivity contribution is 5.66. The molecule has 0 saturated heterocycles. The van der Waals surface area contributed by atoms with Gasteiger partial charge in [-0.15, -0.1) is 0 Å². The Kier molecular flexibility index (Phi) is 12.0. The molecule has 0 atom stereocenters. The number of benzene rings is 5. The predicted octanol–water partition coefficient (Wildman–Crippen LogP) is 8.25. The van der Waals surface area contributed by atoms with Crippen molar-refractivity contribution >= 4 is 11.9 Å². The van der Waals surface area contributed by atoms with Crippen molar-refractivity contribution in [3.63, 3.8) is 0 Å². The molecular formula is C44H38O5. The topological polar surface area (TPSA) is 61.8 Å². The Morgan fingerprint density at radius 3 is 1.35 bits per heavy atom. The summed E-state index contributed by atoms with van der Waals surface area (Å²) in [6.45, 7) is 6.10. The SMILES string of the molecule is CC(=O)OCCc1ccc(C#Cc2ccc(-c3ccc(COc4ccc(C#Cc5ccc(CCOC(C)=O)cc5)cc4C)cc3)cc2)cc1. The van der Waals surface area contributed by atoms with Gasteiger partial charge in [0.05, 0.1) is 13.2 Å². The molecule has 0 heterocycles. The molecule has 49 heavy (non-hydrogen) atoms. The molecule has 0 fully saturated rings. The second-order valence-electron chi connectivity index (χ2n) is 11.6. The van der Waals surface area contributed by atoms with Crippen molar-refractivity contribution in [1.29, 1.82) is 0 Å². The summed E-state index contributed by atoms with van der Waals surface area (Å²) in [4.78, 5) is 21.9. The lowest BCUT2D eigenvalue weighted by atomic mass is 10.0. The number of hydrogen-bond donors (Lipinski definition) is 0. The molecule has 0 unspecified atom stereocenters. The van der Waals surface area contributed by atoms with Crippen molar-refractivity contribution in [3.8, 4) is 40.6 Å². The Hall–Kier alpha value is -6.04. The summed E-state index contributed by atoms with van der Waals surface area (Å²) in [7, 11) is 0. The standard InChI is InChI=1S/C44H38O5/c1-32-30-40(15-14-36-8-12-39(13-9-36)27-29-48-34(3)46)20-25-44(32)49-31-41-18-23-43(24-19-41)42-21-16-37(17-22-42)5-4-35-6-10-38(11-7-35)26-28-47-33(2)45/h6-13,16-25,30H,26-29,31H2,1-3H3. The number of carbonyl (C=O) groups excluding carboxylic acids is 2. The molecule has 244 valence electrons. The van der Waals surface area contributed by atoms with Crippen LogP contribution in [0.1, 0.15) is 58.4 Å². The van der Waals surface area contributed by atoms with E-state index in [2.05, 4.69) is 60.1 Å². The highest BCUT2D eigenvalue weighted by Gasteiger charge is 2.04. The van der Waals surface area contributed by atoms with Gasteiger partial charge in [0.1, 0.15) is 12.4 Å². The van der Waals surface area contributed by atoms with Crippen LogP contribution in [-0.2, 0) is 38.5 Å². The Morgan fingerprint density at radius 1 is 0.510 bits per heavy atom. The van der Waals surface area contributed by atoms with Crippen LogP contribution in [0.3, 0.4) is 0 Å². The van der Waals surface area contributed by atoms with E-state index in [0.717, 1.165) is 61.4 Å². The fourth-order valence-corrected chi connectivity index (χ4v) is 5.01. The molecule has 5 aromatic carbocycles. The van der Waals surface area contributed by atoms with Gasteiger partial charge in [-0.2, -0.15) is 0 Å². The van der Waals surface area contributed by atoms with Crippen LogP contribution in [0.5, 0.6) is 5.75 Å². The van der Waals surface area contributed by atoms with Gasteiger partial charge in [0.15, 0.2) is 0 Å². The summed E-state index contributed by atoms with van der Waals surface area (Å²) in [5.74, 6) is 13.2. The van der Waals surface area contributed by atoms with E-state index in [1.54, 1.807) is 0 Å². The first kappa shape index (κ1) is 34.3. The maximum absolute atomic E-state index is 10.9. The zero-order valence-corrected chi connectivity index (χ0v) is 28.0. The van der Waals surface area contributed by atoms with Crippen LogP contribution in [-0.4, -0.2) is 25.2 Å². The van der Waals surface area contributed by atoms with E-state index in [-0.39, 0.29) is 11.9 Å². The number of hydrogen-bond acceptors (Lipinski definition) is 5. The van der Waals surface area contributed by atoms with Gasteiger partial charge in [-0.05, 0) is 94.9 Å². The van der Waals surface area contributed by atoms with E-state index in [1.165, 1.54) is 13.8 Å². The maximum Gasteiger partial charge on any atom is 0.302 e. The van der Waals surface area contributed by atoms with Crippen LogP contribution in [0, 0.1) is 30.6 Å². The normalized spacial score (nSPS) is 10.2. The van der Waals surface area contributed by atoms with E-state index in [0.29, 0.717) is 32.7 Å². The smallest absolute Gasteiger partial charge is 0.302 e. The third kappa shape index (κ3) is 11.0. The van der Waals surface area contributed by atoms with Crippen molar-refractivity contribution < 1.29 is 23.8 Å². The van der Waals surface area contributed by atoms with E-state index in [9.17, 15) is 9.59 Å². The van der Waals surface area contributed by atoms with Gasteiger partial charge < -0.3 is 14.2 Å². The summed E-state index contributed by atoms with van der Waals surface area (Å²) >= 11 is 0. The number of ether oxygens (including phenoxy) is 3. The second kappa shape index (κ2) is 17.2. The van der Waals surface area contributed by atoms with Crippen LogP contribution in [0.15, 0.2) is 115 Å². The van der Waals surface area contributed by atoms with Gasteiger partial charge in [-0.3, -0.25) is 9.59 Å². The molecule has 5 heteroatoms. The third-order valence-electron chi connectivity index (χ3n) is 7.74. The summed E-state index contributed by atoms with van der Waals surface area (Å²) in [6, 6.07) is 38.6. The van der Waals surface area contributed by atoms with Crippen LogP contribution in [0.25, 0.3) is 11.1 Å². The highest BCUT2D eigenvalue weighted by Crippen LogP contribution is 2.23. The van der Waals surface area contributed by atoms with E-state index in [1.807, 2.05) is 85.8 Å². The average molecular weight is 647 g/mol. The molecule has 0 spiro atoms. The van der Waals surface area contributed by atoms with Gasteiger partial charge in [0, 0.05) is 48.9 Å². The van der Waals surface area contributed by atoms with Crippen molar-refractivity contribution in [2.45, 2.75) is 40.2 Å². The highest BCUT2D eigenvalue weighted by atomic mass is 16.5. The van der Waals surface area contributed by atoms with Crippen molar-refractivity contribution in [2.75, 3.05) is 13.2 Å². The third-order valence-corrected chi connectivity index (χ3v) is 7.74. The van der Waals surface area contributed by atoms with Gasteiger partial charge in [0.25, 0.3) is 0 Å². The average Bonchev–Trinajstić information content (AvgIpc) is 3.11.